The molecule has 1 N–H and O–H groups in total. The number of nitrogens with one attached hydrogen (secondary N) is 1. The number of benzene rings is 1. The SMILES string of the molecule is CC(C)(C)c1ccc(OCCC2CCCNC2)c(Cl)c1. The largest absolute Gasteiger partial charge is 0.492 e. The van der Waals surface area contributed by atoms with Crippen molar-refractivity contribution in [2.45, 2.75) is 45.4 Å². The predicted molar refractivity (Wildman–Crippen MR) is 85.9 cm³/mol. The van der Waals surface area contributed by atoms with Gasteiger partial charge in [-0.25, -0.2) is 0 Å². The van der Waals surface area contributed by atoms with E-state index in [4.69, 9.17) is 16.3 Å². The Morgan fingerprint density at radius 3 is 2.75 bits per heavy atom. The second-order valence-corrected chi connectivity index (χ2v) is 7.15. The number of rotatable bonds is 4. The molecular formula is C17H26ClNO. The van der Waals surface area contributed by atoms with E-state index in [-0.39, 0.29) is 5.41 Å². The molecule has 0 amide bonds. The van der Waals surface area contributed by atoms with Crippen LogP contribution in [0.15, 0.2) is 18.2 Å². The summed E-state index contributed by atoms with van der Waals surface area (Å²) in [6, 6.07) is 6.14. The molecule has 1 aromatic carbocycles. The van der Waals surface area contributed by atoms with E-state index < -0.39 is 0 Å². The van der Waals surface area contributed by atoms with Gasteiger partial charge in [-0.05, 0) is 61.4 Å². The lowest BCUT2D eigenvalue weighted by molar-refractivity contribution is 0.254. The van der Waals surface area contributed by atoms with Gasteiger partial charge >= 0.3 is 0 Å². The van der Waals surface area contributed by atoms with E-state index >= 15 is 0 Å². The molecule has 1 aliphatic rings. The Morgan fingerprint density at radius 1 is 1.35 bits per heavy atom. The lowest BCUT2D eigenvalue weighted by atomic mass is 9.87. The molecule has 0 saturated carbocycles. The first-order valence-corrected chi connectivity index (χ1v) is 7.98. The zero-order valence-electron chi connectivity index (χ0n) is 12.8. The minimum atomic E-state index is 0.121. The highest BCUT2D eigenvalue weighted by molar-refractivity contribution is 6.32. The minimum absolute atomic E-state index is 0.121. The van der Waals surface area contributed by atoms with Crippen LogP contribution in [0.25, 0.3) is 0 Å². The highest BCUT2D eigenvalue weighted by Gasteiger charge is 2.16. The van der Waals surface area contributed by atoms with Gasteiger partial charge in [0.1, 0.15) is 5.75 Å². The first kappa shape index (κ1) is 15.7. The van der Waals surface area contributed by atoms with Crippen LogP contribution in [0, 0.1) is 5.92 Å². The monoisotopic (exact) mass is 295 g/mol. The second-order valence-electron chi connectivity index (χ2n) is 6.74. The van der Waals surface area contributed by atoms with Crippen LogP contribution in [-0.2, 0) is 5.41 Å². The fourth-order valence-electron chi connectivity index (χ4n) is 2.59. The van der Waals surface area contributed by atoms with E-state index in [0.717, 1.165) is 42.8 Å². The summed E-state index contributed by atoms with van der Waals surface area (Å²) < 4.78 is 5.85. The van der Waals surface area contributed by atoms with E-state index in [1.54, 1.807) is 0 Å². The summed E-state index contributed by atoms with van der Waals surface area (Å²) in [7, 11) is 0. The van der Waals surface area contributed by atoms with Crippen LogP contribution >= 0.6 is 11.6 Å². The lowest BCUT2D eigenvalue weighted by Crippen LogP contribution is -2.30. The molecule has 0 aliphatic carbocycles. The molecule has 1 aliphatic heterocycles. The molecule has 1 heterocycles. The third kappa shape index (κ3) is 4.39. The van der Waals surface area contributed by atoms with Crippen molar-refractivity contribution in [1.82, 2.24) is 5.32 Å². The Bertz CT molecular complexity index is 433. The van der Waals surface area contributed by atoms with Gasteiger partial charge in [-0.15, -0.1) is 0 Å². The van der Waals surface area contributed by atoms with Gasteiger partial charge in [0.05, 0.1) is 11.6 Å². The van der Waals surface area contributed by atoms with Crippen LogP contribution in [0.4, 0.5) is 0 Å². The average molecular weight is 296 g/mol. The maximum atomic E-state index is 6.32. The number of piperidine rings is 1. The third-order valence-electron chi connectivity index (χ3n) is 3.98. The smallest absolute Gasteiger partial charge is 0.137 e. The first-order valence-electron chi connectivity index (χ1n) is 7.60. The average Bonchev–Trinajstić information content (AvgIpc) is 2.40. The molecule has 1 fully saturated rings. The molecule has 0 bridgehead atoms. The first-order chi connectivity index (χ1) is 9.47. The molecule has 0 radical (unpaired) electrons. The fourth-order valence-corrected chi connectivity index (χ4v) is 2.83. The van der Waals surface area contributed by atoms with E-state index in [9.17, 15) is 0 Å². The Hall–Kier alpha value is -0.730. The van der Waals surface area contributed by atoms with Crippen molar-refractivity contribution in [2.75, 3.05) is 19.7 Å². The van der Waals surface area contributed by atoms with Crippen LogP contribution in [-0.4, -0.2) is 19.7 Å². The van der Waals surface area contributed by atoms with E-state index in [2.05, 4.69) is 32.2 Å². The maximum absolute atomic E-state index is 6.32. The summed E-state index contributed by atoms with van der Waals surface area (Å²) in [4.78, 5) is 0. The van der Waals surface area contributed by atoms with Crippen molar-refractivity contribution in [1.29, 1.82) is 0 Å². The molecule has 3 heteroatoms. The molecule has 2 rings (SSSR count). The molecule has 1 unspecified atom stereocenters. The highest BCUT2D eigenvalue weighted by atomic mass is 35.5. The second kappa shape index (κ2) is 6.82. The molecular weight excluding hydrogens is 270 g/mol. The van der Waals surface area contributed by atoms with Crippen molar-refractivity contribution < 1.29 is 4.74 Å². The normalized spacial score (nSPS) is 19.9. The van der Waals surface area contributed by atoms with Crippen molar-refractivity contribution in [2.24, 2.45) is 5.92 Å². The Balaban J connectivity index is 1.86. The van der Waals surface area contributed by atoms with Crippen molar-refractivity contribution in [3.63, 3.8) is 0 Å². The molecule has 1 saturated heterocycles. The quantitative estimate of drug-likeness (QED) is 0.888. The van der Waals surface area contributed by atoms with Crippen LogP contribution in [0.2, 0.25) is 5.02 Å². The summed E-state index contributed by atoms with van der Waals surface area (Å²) >= 11 is 6.32. The van der Waals surface area contributed by atoms with Crippen LogP contribution in [0.3, 0.4) is 0 Å². The summed E-state index contributed by atoms with van der Waals surface area (Å²) in [6.45, 7) is 9.61. The zero-order chi connectivity index (χ0) is 14.6. The van der Waals surface area contributed by atoms with Gasteiger partial charge in [-0.2, -0.15) is 0 Å². The topological polar surface area (TPSA) is 21.3 Å². The fraction of sp³-hybridized carbons (Fsp3) is 0.647. The minimum Gasteiger partial charge on any atom is -0.492 e. The van der Waals surface area contributed by atoms with Crippen LogP contribution in [0.1, 0.15) is 45.6 Å². The van der Waals surface area contributed by atoms with E-state index in [0.29, 0.717) is 0 Å². The molecule has 112 valence electrons. The maximum Gasteiger partial charge on any atom is 0.137 e. The van der Waals surface area contributed by atoms with Crippen LogP contribution in [0.5, 0.6) is 5.75 Å². The van der Waals surface area contributed by atoms with Gasteiger partial charge in [-0.3, -0.25) is 0 Å². The molecule has 20 heavy (non-hydrogen) atoms. The Kier molecular flexibility index (Phi) is 5.34. The van der Waals surface area contributed by atoms with Gasteiger partial charge in [-0.1, -0.05) is 38.4 Å². The van der Waals surface area contributed by atoms with E-state index in [1.165, 1.54) is 18.4 Å². The molecule has 1 aromatic rings. The van der Waals surface area contributed by atoms with Crippen molar-refractivity contribution in [3.05, 3.63) is 28.8 Å². The van der Waals surface area contributed by atoms with Crippen molar-refractivity contribution >= 4 is 11.6 Å². The Labute approximate surface area is 127 Å². The van der Waals surface area contributed by atoms with Gasteiger partial charge in [0.2, 0.25) is 0 Å². The van der Waals surface area contributed by atoms with E-state index in [1.807, 2.05) is 12.1 Å². The summed E-state index contributed by atoms with van der Waals surface area (Å²) in [6.07, 6.45) is 3.70. The standard InChI is InChI=1S/C17H26ClNO/c1-17(2,3)14-6-7-16(15(18)11-14)20-10-8-13-5-4-9-19-12-13/h6-7,11,13,19H,4-5,8-10,12H2,1-3H3. The molecule has 1 atom stereocenters. The summed E-state index contributed by atoms with van der Waals surface area (Å²) in [5.74, 6) is 1.56. The molecule has 0 spiro atoms. The van der Waals surface area contributed by atoms with Gasteiger partial charge < -0.3 is 10.1 Å². The van der Waals surface area contributed by atoms with Crippen molar-refractivity contribution in [3.8, 4) is 5.75 Å². The number of hydrogen-bond donors (Lipinski definition) is 1. The summed E-state index contributed by atoms with van der Waals surface area (Å²) in [5.41, 5.74) is 1.36. The van der Waals surface area contributed by atoms with Gasteiger partial charge in [0, 0.05) is 0 Å². The number of ether oxygens (including phenoxy) is 1. The molecule has 2 nitrogen and oxygen atoms in total. The number of halogens is 1. The van der Waals surface area contributed by atoms with Gasteiger partial charge in [0.15, 0.2) is 0 Å². The Morgan fingerprint density at radius 2 is 2.15 bits per heavy atom. The number of hydrogen-bond acceptors (Lipinski definition) is 2. The zero-order valence-corrected chi connectivity index (χ0v) is 13.6. The highest BCUT2D eigenvalue weighted by Crippen LogP contribution is 2.31. The third-order valence-corrected chi connectivity index (χ3v) is 4.28. The molecule has 0 aromatic heterocycles. The van der Waals surface area contributed by atoms with Crippen LogP contribution < -0.4 is 10.1 Å². The van der Waals surface area contributed by atoms with Gasteiger partial charge in [0.25, 0.3) is 0 Å². The summed E-state index contributed by atoms with van der Waals surface area (Å²) in [5, 5.41) is 4.16. The predicted octanol–water partition coefficient (Wildman–Crippen LogP) is 4.41. The lowest BCUT2D eigenvalue weighted by Gasteiger charge is -2.23.